The Morgan fingerprint density at radius 1 is 0.818 bits per heavy atom. The highest BCUT2D eigenvalue weighted by Gasteiger charge is 2.18. The minimum atomic E-state index is -1.04. The molecular weight excluding hydrogens is 276 g/mol. The third kappa shape index (κ3) is 1.28. The average molecular weight is 286 g/mol. The molecule has 0 bridgehead atoms. The summed E-state index contributed by atoms with van der Waals surface area (Å²) < 4.78 is 5.65. The first kappa shape index (κ1) is 11.6. The maximum atomic E-state index is 11.3. The number of hydrogen-bond acceptors (Lipinski definition) is 2. The van der Waals surface area contributed by atoms with Gasteiger partial charge in [0.1, 0.15) is 5.58 Å². The van der Waals surface area contributed by atoms with Gasteiger partial charge in [-0.1, -0.05) is 48.5 Å². The van der Waals surface area contributed by atoms with Crippen molar-refractivity contribution in [3.63, 3.8) is 0 Å². The topological polar surface area (TPSA) is 50.4 Å². The third-order valence-corrected chi connectivity index (χ3v) is 4.36. The normalized spacial score (nSPS) is 12.0. The number of carboxylic acids is 1. The number of hydrogen-bond donors (Lipinski definition) is 1. The second-order valence-corrected chi connectivity index (χ2v) is 5.53. The lowest BCUT2D eigenvalue weighted by molar-refractivity contribution is 0.0665. The monoisotopic (exact) mass is 286 g/mol. The maximum Gasteiger partial charge on any atom is 0.371 e. The predicted octanol–water partition coefficient (Wildman–Crippen LogP) is 5.03. The predicted molar refractivity (Wildman–Crippen MR) is 86.9 cm³/mol. The number of benzene rings is 4. The number of carbonyl (C=O) groups is 1. The number of carboxylic acid groups (broad SMARTS) is 1. The summed E-state index contributed by atoms with van der Waals surface area (Å²) in [4.78, 5) is 11.3. The van der Waals surface area contributed by atoms with Gasteiger partial charge in [0.25, 0.3) is 0 Å². The highest BCUT2D eigenvalue weighted by atomic mass is 16.4. The molecular formula is C19H10O3. The van der Waals surface area contributed by atoms with Crippen LogP contribution in [0.15, 0.2) is 59.0 Å². The Balaban J connectivity index is 2.21. The first-order valence-electron chi connectivity index (χ1n) is 7.06. The molecule has 0 aliphatic rings. The molecule has 0 saturated carbocycles. The van der Waals surface area contributed by atoms with Gasteiger partial charge < -0.3 is 9.52 Å². The molecule has 1 N–H and O–H groups in total. The van der Waals surface area contributed by atoms with Crippen LogP contribution < -0.4 is 0 Å². The van der Waals surface area contributed by atoms with Crippen LogP contribution in [0.25, 0.3) is 43.3 Å². The molecule has 5 rings (SSSR count). The van der Waals surface area contributed by atoms with Crippen molar-refractivity contribution in [2.24, 2.45) is 0 Å². The number of aromatic carboxylic acids is 1. The summed E-state index contributed by atoms with van der Waals surface area (Å²) in [6.07, 6.45) is 0. The standard InChI is InChI=1S/C19H10O3/c20-19(21)15-9-14-12-5-1-3-10-7-8-11-4-2-6-13(18(14)22-15)17(11)16(10)12/h1-9H,(H,20,21). The van der Waals surface area contributed by atoms with Crippen molar-refractivity contribution in [3.05, 3.63) is 60.4 Å². The van der Waals surface area contributed by atoms with E-state index in [1.165, 1.54) is 5.39 Å². The Labute approximate surface area is 124 Å². The lowest BCUT2D eigenvalue weighted by Gasteiger charge is -2.11. The first-order valence-corrected chi connectivity index (χ1v) is 7.06. The molecule has 3 nitrogen and oxygen atoms in total. The highest BCUT2D eigenvalue weighted by Crippen LogP contribution is 2.41. The summed E-state index contributed by atoms with van der Waals surface area (Å²) in [6.45, 7) is 0. The Morgan fingerprint density at radius 3 is 2.14 bits per heavy atom. The van der Waals surface area contributed by atoms with Gasteiger partial charge in [-0.15, -0.1) is 0 Å². The van der Waals surface area contributed by atoms with E-state index in [-0.39, 0.29) is 5.76 Å². The Bertz CT molecular complexity index is 1110. The van der Waals surface area contributed by atoms with Crippen LogP contribution in [0.4, 0.5) is 0 Å². The molecule has 0 atom stereocenters. The van der Waals surface area contributed by atoms with Crippen molar-refractivity contribution in [2.45, 2.75) is 0 Å². The third-order valence-electron chi connectivity index (χ3n) is 4.36. The summed E-state index contributed by atoms with van der Waals surface area (Å²) in [5.74, 6) is -1.07. The van der Waals surface area contributed by atoms with Gasteiger partial charge in [0, 0.05) is 16.2 Å². The average Bonchev–Trinajstić information content (AvgIpc) is 2.99. The molecule has 22 heavy (non-hydrogen) atoms. The van der Waals surface area contributed by atoms with Gasteiger partial charge in [0.05, 0.1) is 0 Å². The molecule has 0 fully saturated rings. The van der Waals surface area contributed by atoms with Crippen molar-refractivity contribution in [2.75, 3.05) is 0 Å². The SMILES string of the molecule is O=C(O)c1cc2c3cccc4ccc5cccc(c2o1)c5c43. The van der Waals surface area contributed by atoms with Crippen LogP contribution in [0, 0.1) is 0 Å². The number of fused-ring (bicyclic) bond motifs is 3. The van der Waals surface area contributed by atoms with Crippen LogP contribution in [0.1, 0.15) is 10.6 Å². The summed E-state index contributed by atoms with van der Waals surface area (Å²) in [7, 11) is 0. The minimum absolute atomic E-state index is 0.0215. The van der Waals surface area contributed by atoms with Gasteiger partial charge in [-0.3, -0.25) is 0 Å². The molecule has 1 heterocycles. The molecule has 0 amide bonds. The fourth-order valence-electron chi connectivity index (χ4n) is 3.47. The zero-order valence-electron chi connectivity index (χ0n) is 11.5. The van der Waals surface area contributed by atoms with Crippen LogP contribution in [0.3, 0.4) is 0 Å². The van der Waals surface area contributed by atoms with Crippen molar-refractivity contribution in [1.82, 2.24) is 0 Å². The second-order valence-electron chi connectivity index (χ2n) is 5.53. The molecule has 5 aromatic rings. The molecule has 3 heteroatoms. The van der Waals surface area contributed by atoms with Crippen molar-refractivity contribution >= 4 is 49.3 Å². The number of rotatable bonds is 1. The molecule has 0 unspecified atom stereocenters. The Hall–Kier alpha value is -3.07. The first-order chi connectivity index (χ1) is 10.7. The summed E-state index contributed by atoms with van der Waals surface area (Å²) in [5, 5.41) is 16.7. The molecule has 4 aromatic carbocycles. The van der Waals surface area contributed by atoms with Crippen molar-refractivity contribution < 1.29 is 14.3 Å². The van der Waals surface area contributed by atoms with E-state index in [1.807, 2.05) is 24.3 Å². The van der Waals surface area contributed by atoms with Crippen LogP contribution >= 0.6 is 0 Å². The van der Waals surface area contributed by atoms with E-state index in [4.69, 9.17) is 4.42 Å². The van der Waals surface area contributed by atoms with Gasteiger partial charge in [0.2, 0.25) is 5.76 Å². The van der Waals surface area contributed by atoms with E-state index in [2.05, 4.69) is 24.3 Å². The molecule has 0 aliphatic heterocycles. The number of furan rings is 1. The van der Waals surface area contributed by atoms with Gasteiger partial charge in [-0.2, -0.15) is 0 Å². The molecule has 104 valence electrons. The summed E-state index contributed by atoms with van der Waals surface area (Å²) in [5.41, 5.74) is 0.647. The maximum absolute atomic E-state index is 11.3. The quantitative estimate of drug-likeness (QED) is 0.440. The van der Waals surface area contributed by atoms with Crippen LogP contribution in [-0.4, -0.2) is 11.1 Å². The van der Waals surface area contributed by atoms with Crippen molar-refractivity contribution in [1.29, 1.82) is 0 Å². The lowest BCUT2D eigenvalue weighted by atomic mass is 9.92. The Morgan fingerprint density at radius 2 is 1.45 bits per heavy atom. The zero-order chi connectivity index (χ0) is 14.8. The van der Waals surface area contributed by atoms with E-state index in [0.717, 1.165) is 32.3 Å². The van der Waals surface area contributed by atoms with Crippen LogP contribution in [-0.2, 0) is 0 Å². The van der Waals surface area contributed by atoms with Crippen molar-refractivity contribution in [3.8, 4) is 0 Å². The van der Waals surface area contributed by atoms with E-state index in [1.54, 1.807) is 6.07 Å². The molecule has 1 aromatic heterocycles. The van der Waals surface area contributed by atoms with E-state index < -0.39 is 5.97 Å². The smallest absolute Gasteiger partial charge is 0.371 e. The minimum Gasteiger partial charge on any atom is -0.475 e. The van der Waals surface area contributed by atoms with E-state index >= 15 is 0 Å². The van der Waals surface area contributed by atoms with Gasteiger partial charge in [-0.25, -0.2) is 4.79 Å². The Kier molecular flexibility index (Phi) is 1.98. The summed E-state index contributed by atoms with van der Waals surface area (Å²) >= 11 is 0. The van der Waals surface area contributed by atoms with E-state index in [0.29, 0.717) is 5.58 Å². The second kappa shape index (κ2) is 3.77. The van der Waals surface area contributed by atoms with Gasteiger partial charge in [0.15, 0.2) is 0 Å². The highest BCUT2D eigenvalue weighted by molar-refractivity contribution is 6.32. The van der Waals surface area contributed by atoms with Gasteiger partial charge >= 0.3 is 5.97 Å². The molecule has 0 spiro atoms. The largest absolute Gasteiger partial charge is 0.475 e. The molecule has 0 saturated heterocycles. The molecule has 0 aliphatic carbocycles. The van der Waals surface area contributed by atoms with Crippen LogP contribution in [0.5, 0.6) is 0 Å². The van der Waals surface area contributed by atoms with E-state index in [9.17, 15) is 9.90 Å². The fourth-order valence-corrected chi connectivity index (χ4v) is 3.47. The zero-order valence-corrected chi connectivity index (χ0v) is 11.5. The van der Waals surface area contributed by atoms with Gasteiger partial charge in [-0.05, 0) is 27.6 Å². The van der Waals surface area contributed by atoms with Crippen LogP contribution in [0.2, 0.25) is 0 Å². The fraction of sp³-hybridized carbons (Fsp3) is 0. The lowest BCUT2D eigenvalue weighted by Crippen LogP contribution is -1.91. The summed E-state index contributed by atoms with van der Waals surface area (Å²) in [6, 6.07) is 18.0. The molecule has 0 radical (unpaired) electrons.